The van der Waals surface area contributed by atoms with E-state index in [9.17, 15) is 9.90 Å². The lowest BCUT2D eigenvalue weighted by Gasteiger charge is -2.60. The zero-order valence-electron chi connectivity index (χ0n) is 15.0. The van der Waals surface area contributed by atoms with Crippen molar-refractivity contribution in [1.29, 1.82) is 0 Å². The second-order valence-corrected chi connectivity index (χ2v) is 9.70. The number of rotatable bonds is 2. The van der Waals surface area contributed by atoms with Crippen LogP contribution in [0.2, 0.25) is 0 Å². The van der Waals surface area contributed by atoms with Gasteiger partial charge in [0.15, 0.2) is 5.78 Å². The summed E-state index contributed by atoms with van der Waals surface area (Å²) >= 11 is 0. The van der Waals surface area contributed by atoms with Gasteiger partial charge in [0, 0.05) is 5.92 Å². The summed E-state index contributed by atoms with van der Waals surface area (Å²) in [6.07, 6.45) is 13.5. The quantitative estimate of drug-likeness (QED) is 0.808. The summed E-state index contributed by atoms with van der Waals surface area (Å²) in [5, 5.41) is 9.38. The first kappa shape index (κ1) is 16.1. The van der Waals surface area contributed by atoms with Gasteiger partial charge in [-0.15, -0.1) is 0 Å². The molecule has 0 saturated heterocycles. The molecule has 0 spiro atoms. The molecular weight excluding hydrogens is 284 g/mol. The van der Waals surface area contributed by atoms with Gasteiger partial charge in [-0.1, -0.05) is 26.7 Å². The Morgan fingerprint density at radius 2 is 1.70 bits per heavy atom. The Kier molecular flexibility index (Phi) is 3.91. The van der Waals surface area contributed by atoms with E-state index in [2.05, 4.69) is 13.8 Å². The van der Waals surface area contributed by atoms with Gasteiger partial charge in [0.25, 0.3) is 0 Å². The van der Waals surface area contributed by atoms with Gasteiger partial charge in [-0.05, 0) is 85.9 Å². The third-order valence-electron chi connectivity index (χ3n) is 9.13. The van der Waals surface area contributed by atoms with Crippen molar-refractivity contribution in [2.75, 3.05) is 6.61 Å². The standard InChI is InChI=1S/C21H34O2/c1-20-11-4-3-5-14(20)6-7-15-16-8-9-18(19(23)13-22)21(16,2)12-10-17(15)20/h14-18,22H,3-13H2,1-2H3/t14-,15-,16-,17-,18-,20-,21-/m0/s1. The first-order chi connectivity index (χ1) is 11.0. The number of fused-ring (bicyclic) bond motifs is 5. The molecule has 4 rings (SSSR count). The lowest BCUT2D eigenvalue weighted by molar-refractivity contribution is -0.137. The van der Waals surface area contributed by atoms with Crippen LogP contribution in [0.4, 0.5) is 0 Å². The van der Waals surface area contributed by atoms with Crippen molar-refractivity contribution in [3.05, 3.63) is 0 Å². The van der Waals surface area contributed by atoms with E-state index >= 15 is 0 Å². The summed E-state index contributed by atoms with van der Waals surface area (Å²) in [5.41, 5.74) is 0.764. The van der Waals surface area contributed by atoms with Crippen molar-refractivity contribution in [2.24, 2.45) is 40.4 Å². The zero-order valence-corrected chi connectivity index (χ0v) is 15.0. The van der Waals surface area contributed by atoms with Crippen molar-refractivity contribution < 1.29 is 9.90 Å². The van der Waals surface area contributed by atoms with E-state index in [0.717, 1.165) is 30.1 Å². The summed E-state index contributed by atoms with van der Waals surface area (Å²) < 4.78 is 0. The van der Waals surface area contributed by atoms with E-state index in [-0.39, 0.29) is 23.7 Å². The molecular formula is C21H34O2. The molecule has 4 saturated carbocycles. The van der Waals surface area contributed by atoms with Crippen LogP contribution in [0.1, 0.15) is 78.1 Å². The van der Waals surface area contributed by atoms with Gasteiger partial charge in [0.1, 0.15) is 6.61 Å². The number of aliphatic hydroxyl groups is 1. The summed E-state index contributed by atoms with van der Waals surface area (Å²) in [7, 11) is 0. The first-order valence-electron chi connectivity index (χ1n) is 10.1. The van der Waals surface area contributed by atoms with Gasteiger partial charge >= 0.3 is 0 Å². The minimum Gasteiger partial charge on any atom is -0.389 e. The minimum absolute atomic E-state index is 0.117. The van der Waals surface area contributed by atoms with E-state index in [1.165, 1.54) is 57.8 Å². The fourth-order valence-electron chi connectivity index (χ4n) is 7.93. The molecule has 7 atom stereocenters. The molecule has 2 nitrogen and oxygen atoms in total. The van der Waals surface area contributed by atoms with E-state index in [0.29, 0.717) is 5.41 Å². The van der Waals surface area contributed by atoms with Crippen LogP contribution in [0.5, 0.6) is 0 Å². The van der Waals surface area contributed by atoms with Crippen LogP contribution >= 0.6 is 0 Å². The van der Waals surface area contributed by atoms with Crippen molar-refractivity contribution in [1.82, 2.24) is 0 Å². The molecule has 0 aromatic carbocycles. The Bertz CT molecular complexity index is 486. The molecule has 4 aliphatic carbocycles. The lowest BCUT2D eigenvalue weighted by atomic mass is 9.45. The maximum atomic E-state index is 12.3. The Labute approximate surface area is 141 Å². The maximum absolute atomic E-state index is 12.3. The van der Waals surface area contributed by atoms with Crippen LogP contribution < -0.4 is 0 Å². The van der Waals surface area contributed by atoms with Crippen molar-refractivity contribution >= 4 is 5.78 Å². The van der Waals surface area contributed by atoms with Gasteiger partial charge in [0.2, 0.25) is 0 Å². The highest BCUT2D eigenvalue weighted by molar-refractivity contribution is 5.83. The fourth-order valence-corrected chi connectivity index (χ4v) is 7.93. The van der Waals surface area contributed by atoms with E-state index in [1.807, 2.05) is 0 Å². The molecule has 2 heteroatoms. The average molecular weight is 319 g/mol. The van der Waals surface area contributed by atoms with Crippen molar-refractivity contribution in [3.63, 3.8) is 0 Å². The second kappa shape index (κ2) is 5.58. The zero-order chi connectivity index (χ0) is 16.2. The monoisotopic (exact) mass is 318 g/mol. The normalized spacial score (nSPS) is 52.4. The van der Waals surface area contributed by atoms with Gasteiger partial charge < -0.3 is 5.11 Å². The van der Waals surface area contributed by atoms with Crippen molar-refractivity contribution in [2.45, 2.75) is 78.1 Å². The topological polar surface area (TPSA) is 37.3 Å². The van der Waals surface area contributed by atoms with Gasteiger partial charge in [0.05, 0.1) is 0 Å². The molecule has 1 N–H and O–H groups in total. The molecule has 0 amide bonds. The lowest BCUT2D eigenvalue weighted by Crippen LogP contribution is -2.53. The van der Waals surface area contributed by atoms with Crippen molar-refractivity contribution in [3.8, 4) is 0 Å². The summed E-state index contributed by atoms with van der Waals surface area (Å²) in [5.74, 6) is 3.72. The van der Waals surface area contributed by atoms with Gasteiger partial charge in [-0.2, -0.15) is 0 Å². The average Bonchev–Trinajstić information content (AvgIpc) is 2.91. The summed E-state index contributed by atoms with van der Waals surface area (Å²) in [4.78, 5) is 12.3. The fraction of sp³-hybridized carbons (Fsp3) is 0.952. The maximum Gasteiger partial charge on any atom is 0.161 e. The second-order valence-electron chi connectivity index (χ2n) is 9.70. The molecule has 0 radical (unpaired) electrons. The number of ketones is 1. The Balaban J connectivity index is 1.61. The molecule has 4 aliphatic rings. The molecule has 4 fully saturated rings. The molecule has 23 heavy (non-hydrogen) atoms. The number of aliphatic hydroxyl groups excluding tert-OH is 1. The third-order valence-corrected chi connectivity index (χ3v) is 9.13. The summed E-state index contributed by atoms with van der Waals surface area (Å²) in [6.45, 7) is 4.75. The molecule has 0 unspecified atom stereocenters. The van der Waals surface area contributed by atoms with Crippen LogP contribution in [0.25, 0.3) is 0 Å². The molecule has 130 valence electrons. The third kappa shape index (κ3) is 2.19. The molecule has 0 aliphatic heterocycles. The first-order valence-corrected chi connectivity index (χ1v) is 10.1. The number of hydrogen-bond acceptors (Lipinski definition) is 2. The van der Waals surface area contributed by atoms with Crippen LogP contribution in [0.3, 0.4) is 0 Å². The largest absolute Gasteiger partial charge is 0.389 e. The molecule has 0 aromatic heterocycles. The summed E-state index contributed by atoms with van der Waals surface area (Å²) in [6, 6.07) is 0. The van der Waals surface area contributed by atoms with E-state index in [4.69, 9.17) is 0 Å². The molecule has 0 bridgehead atoms. The molecule has 0 aromatic rings. The number of carbonyl (C=O) groups is 1. The van der Waals surface area contributed by atoms with Gasteiger partial charge in [-0.3, -0.25) is 4.79 Å². The van der Waals surface area contributed by atoms with Crippen LogP contribution in [-0.4, -0.2) is 17.5 Å². The minimum atomic E-state index is -0.249. The highest BCUT2D eigenvalue weighted by Gasteiger charge is 2.60. The van der Waals surface area contributed by atoms with Gasteiger partial charge in [-0.25, -0.2) is 0 Å². The van der Waals surface area contributed by atoms with Crippen LogP contribution in [0, 0.1) is 40.4 Å². The van der Waals surface area contributed by atoms with Crippen LogP contribution in [-0.2, 0) is 4.79 Å². The molecule has 0 heterocycles. The van der Waals surface area contributed by atoms with E-state index < -0.39 is 0 Å². The SMILES string of the molecule is C[C@]12CCCC[C@H]1CC[C@@H]1[C@@H]2CC[C@]2(C)[C@H](C(=O)CO)CC[C@@H]12. The predicted octanol–water partition coefficient (Wildman–Crippen LogP) is 4.60. The number of carbonyl (C=O) groups excluding carboxylic acids is 1. The predicted molar refractivity (Wildman–Crippen MR) is 91.9 cm³/mol. The number of Topliss-reactive ketones (excluding diaryl/α,β-unsaturated/α-hetero) is 1. The Morgan fingerprint density at radius 3 is 2.48 bits per heavy atom. The van der Waals surface area contributed by atoms with E-state index in [1.54, 1.807) is 0 Å². The highest BCUT2D eigenvalue weighted by Crippen LogP contribution is 2.67. The Hall–Kier alpha value is -0.370. The van der Waals surface area contributed by atoms with Crippen LogP contribution in [0.15, 0.2) is 0 Å². The number of hydrogen-bond donors (Lipinski definition) is 1. The highest BCUT2D eigenvalue weighted by atomic mass is 16.3. The smallest absolute Gasteiger partial charge is 0.161 e. The Morgan fingerprint density at radius 1 is 0.913 bits per heavy atom.